The van der Waals surface area contributed by atoms with Gasteiger partial charge in [0.2, 0.25) is 0 Å². The summed E-state index contributed by atoms with van der Waals surface area (Å²) in [7, 11) is 0. The first-order valence-corrected chi connectivity index (χ1v) is 6.41. The maximum atomic E-state index is 11.3. The predicted octanol–water partition coefficient (Wildman–Crippen LogP) is 1.38. The molecule has 0 spiro atoms. The smallest absolute Gasteiger partial charge is 0.158 e. The Bertz CT molecular complexity index is 227. The van der Waals surface area contributed by atoms with E-state index in [9.17, 15) is 9.59 Å². The first-order valence-electron chi connectivity index (χ1n) is 6.41. The molecule has 0 aromatic carbocycles. The van der Waals surface area contributed by atoms with Crippen LogP contribution < -0.4 is 0 Å². The molecule has 5 heteroatoms. The zero-order chi connectivity index (χ0) is 13.6. The molecule has 0 unspecified atom stereocenters. The molecule has 0 aromatic heterocycles. The van der Waals surface area contributed by atoms with E-state index >= 15 is 0 Å². The average Bonchev–Trinajstić information content (AvgIpc) is 2.33. The average molecular weight is 260 g/mol. The molecule has 106 valence electrons. The number of hydrogen-bond acceptors (Lipinski definition) is 5. The monoisotopic (exact) mass is 260 g/mol. The van der Waals surface area contributed by atoms with Gasteiger partial charge in [0.1, 0.15) is 13.2 Å². The molecule has 5 nitrogen and oxygen atoms in total. The summed E-state index contributed by atoms with van der Waals surface area (Å²) in [6.07, 6.45) is 2.22. The lowest BCUT2D eigenvalue weighted by Crippen LogP contribution is -2.14. The molecule has 0 bridgehead atoms. The second kappa shape index (κ2) is 12.7. The van der Waals surface area contributed by atoms with Gasteiger partial charge in [0.15, 0.2) is 11.6 Å². The molecule has 0 aliphatic rings. The van der Waals surface area contributed by atoms with E-state index in [1.807, 2.05) is 6.92 Å². The van der Waals surface area contributed by atoms with Crippen molar-refractivity contribution in [2.24, 2.45) is 0 Å². The van der Waals surface area contributed by atoms with E-state index in [1.165, 1.54) is 6.92 Å². The van der Waals surface area contributed by atoms with E-state index in [-0.39, 0.29) is 24.8 Å². The Morgan fingerprint density at radius 2 is 1.56 bits per heavy atom. The third-order valence-electron chi connectivity index (χ3n) is 2.03. The Labute approximate surface area is 109 Å². The minimum Gasteiger partial charge on any atom is -0.381 e. The van der Waals surface area contributed by atoms with Crippen LogP contribution in [0.2, 0.25) is 0 Å². The normalized spacial score (nSPS) is 10.6. The predicted molar refractivity (Wildman–Crippen MR) is 67.7 cm³/mol. The third kappa shape index (κ3) is 13.3. The van der Waals surface area contributed by atoms with Crippen LogP contribution in [0.15, 0.2) is 0 Å². The maximum Gasteiger partial charge on any atom is 0.158 e. The highest BCUT2D eigenvalue weighted by Gasteiger charge is 2.02. The highest BCUT2D eigenvalue weighted by Crippen LogP contribution is 1.94. The highest BCUT2D eigenvalue weighted by molar-refractivity contribution is 5.79. The van der Waals surface area contributed by atoms with Gasteiger partial charge in [-0.25, -0.2) is 0 Å². The second-order valence-corrected chi connectivity index (χ2v) is 4.06. The number of rotatable bonds is 13. The highest BCUT2D eigenvalue weighted by atomic mass is 16.5. The summed E-state index contributed by atoms with van der Waals surface area (Å²) in [5.74, 6) is 0.0554. The van der Waals surface area contributed by atoms with E-state index < -0.39 is 0 Å². The van der Waals surface area contributed by atoms with Crippen LogP contribution in [0, 0.1) is 0 Å². The molecule has 0 radical (unpaired) electrons. The van der Waals surface area contributed by atoms with Crippen molar-refractivity contribution in [1.29, 1.82) is 0 Å². The molecule has 0 aromatic rings. The summed E-state index contributed by atoms with van der Waals surface area (Å²) >= 11 is 0. The SMILES string of the molecule is CCCOCCCC(=O)COCCOCC(C)=O. The summed E-state index contributed by atoms with van der Waals surface area (Å²) in [4.78, 5) is 21.9. The van der Waals surface area contributed by atoms with Gasteiger partial charge in [-0.1, -0.05) is 6.92 Å². The van der Waals surface area contributed by atoms with Crippen LogP contribution in [-0.4, -0.2) is 51.2 Å². The summed E-state index contributed by atoms with van der Waals surface area (Å²) < 4.78 is 15.4. The van der Waals surface area contributed by atoms with Crippen LogP contribution >= 0.6 is 0 Å². The number of ketones is 2. The van der Waals surface area contributed by atoms with Crippen LogP contribution in [0.4, 0.5) is 0 Å². The van der Waals surface area contributed by atoms with Crippen molar-refractivity contribution in [2.75, 3.05) is 39.6 Å². The van der Waals surface area contributed by atoms with E-state index in [4.69, 9.17) is 14.2 Å². The minimum absolute atomic E-state index is 0.0156. The van der Waals surface area contributed by atoms with Crippen molar-refractivity contribution < 1.29 is 23.8 Å². The molecule has 0 rings (SSSR count). The van der Waals surface area contributed by atoms with Gasteiger partial charge >= 0.3 is 0 Å². The number of carbonyl (C=O) groups is 2. The third-order valence-corrected chi connectivity index (χ3v) is 2.03. The fourth-order valence-corrected chi connectivity index (χ4v) is 1.21. The zero-order valence-corrected chi connectivity index (χ0v) is 11.4. The van der Waals surface area contributed by atoms with Gasteiger partial charge in [0.05, 0.1) is 13.2 Å². The van der Waals surface area contributed by atoms with E-state index in [2.05, 4.69) is 0 Å². The molecule has 0 N–H and O–H groups in total. The fraction of sp³-hybridized carbons (Fsp3) is 0.846. The van der Waals surface area contributed by atoms with Gasteiger partial charge in [-0.2, -0.15) is 0 Å². The molecular formula is C13H24O5. The molecule has 0 aliphatic heterocycles. The Morgan fingerprint density at radius 3 is 2.17 bits per heavy atom. The quantitative estimate of drug-likeness (QED) is 0.468. The Kier molecular flexibility index (Phi) is 12.1. The summed E-state index contributed by atoms with van der Waals surface area (Å²) in [5, 5.41) is 0. The lowest BCUT2D eigenvalue weighted by molar-refractivity contribution is -0.126. The molecule has 0 atom stereocenters. The van der Waals surface area contributed by atoms with Crippen LogP contribution in [0.3, 0.4) is 0 Å². The molecular weight excluding hydrogens is 236 g/mol. The van der Waals surface area contributed by atoms with Crippen molar-refractivity contribution in [3.05, 3.63) is 0 Å². The molecule has 0 amide bonds. The Morgan fingerprint density at radius 1 is 0.889 bits per heavy atom. The molecule has 0 fully saturated rings. The Hall–Kier alpha value is -0.780. The van der Waals surface area contributed by atoms with Crippen LogP contribution in [0.1, 0.15) is 33.1 Å². The fourth-order valence-electron chi connectivity index (χ4n) is 1.21. The van der Waals surface area contributed by atoms with E-state index in [1.54, 1.807) is 0 Å². The number of ether oxygens (including phenoxy) is 3. The Balaban J connectivity index is 3.19. The van der Waals surface area contributed by atoms with E-state index in [0.717, 1.165) is 19.4 Å². The van der Waals surface area contributed by atoms with Gasteiger partial charge in [-0.3, -0.25) is 9.59 Å². The minimum atomic E-state index is -0.0156. The zero-order valence-electron chi connectivity index (χ0n) is 11.4. The maximum absolute atomic E-state index is 11.3. The van der Waals surface area contributed by atoms with Gasteiger partial charge < -0.3 is 14.2 Å². The number of Topliss-reactive ketones (excluding diaryl/α,β-unsaturated/α-hetero) is 2. The summed E-state index contributed by atoms with van der Waals surface area (Å²) in [5.41, 5.74) is 0. The standard InChI is InChI=1S/C13H24O5/c1-3-6-16-7-4-5-13(15)11-18-9-8-17-10-12(2)14/h3-11H2,1-2H3. The second-order valence-electron chi connectivity index (χ2n) is 4.06. The summed E-state index contributed by atoms with van der Waals surface area (Å²) in [6.45, 7) is 5.78. The first-order chi connectivity index (χ1) is 8.66. The lowest BCUT2D eigenvalue weighted by atomic mass is 10.2. The van der Waals surface area contributed by atoms with Crippen LogP contribution in [-0.2, 0) is 23.8 Å². The lowest BCUT2D eigenvalue weighted by Gasteiger charge is -2.04. The van der Waals surface area contributed by atoms with Gasteiger partial charge in [-0.05, 0) is 19.8 Å². The van der Waals surface area contributed by atoms with Gasteiger partial charge in [0.25, 0.3) is 0 Å². The van der Waals surface area contributed by atoms with Crippen molar-refractivity contribution in [2.45, 2.75) is 33.1 Å². The number of hydrogen-bond donors (Lipinski definition) is 0. The van der Waals surface area contributed by atoms with Crippen LogP contribution in [0.5, 0.6) is 0 Å². The summed E-state index contributed by atoms with van der Waals surface area (Å²) in [6, 6.07) is 0. The van der Waals surface area contributed by atoms with Crippen molar-refractivity contribution in [3.8, 4) is 0 Å². The van der Waals surface area contributed by atoms with Gasteiger partial charge in [-0.15, -0.1) is 0 Å². The first kappa shape index (κ1) is 17.2. The largest absolute Gasteiger partial charge is 0.381 e. The molecule has 18 heavy (non-hydrogen) atoms. The molecule has 0 heterocycles. The van der Waals surface area contributed by atoms with E-state index in [0.29, 0.717) is 26.2 Å². The molecule has 0 aliphatic carbocycles. The van der Waals surface area contributed by atoms with Crippen molar-refractivity contribution >= 4 is 11.6 Å². The van der Waals surface area contributed by atoms with Crippen LogP contribution in [0.25, 0.3) is 0 Å². The van der Waals surface area contributed by atoms with Crippen molar-refractivity contribution in [3.63, 3.8) is 0 Å². The topological polar surface area (TPSA) is 61.8 Å². The van der Waals surface area contributed by atoms with Gasteiger partial charge in [0, 0.05) is 19.6 Å². The van der Waals surface area contributed by atoms with Crippen molar-refractivity contribution in [1.82, 2.24) is 0 Å². The number of carbonyl (C=O) groups excluding carboxylic acids is 2. The molecule has 0 saturated heterocycles. The molecule has 0 saturated carbocycles.